The van der Waals surface area contributed by atoms with Crippen molar-refractivity contribution in [2.24, 2.45) is 0 Å². The van der Waals surface area contributed by atoms with Crippen molar-refractivity contribution in [2.45, 2.75) is 38.6 Å². The lowest BCUT2D eigenvalue weighted by atomic mass is 10.0. The highest BCUT2D eigenvalue weighted by Crippen LogP contribution is 2.33. The predicted molar refractivity (Wildman–Crippen MR) is 147 cm³/mol. The van der Waals surface area contributed by atoms with E-state index in [0.717, 1.165) is 23.5 Å². The molecule has 6 rings (SSSR count). The minimum Gasteiger partial charge on any atom is -0.340 e. The van der Waals surface area contributed by atoms with Gasteiger partial charge in [-0.15, -0.1) is 11.3 Å². The summed E-state index contributed by atoms with van der Waals surface area (Å²) in [5.74, 6) is 0. The Kier molecular flexibility index (Phi) is 5.86. The molecule has 3 heteroatoms. The molecular formula is C31H28N2S. The van der Waals surface area contributed by atoms with E-state index in [2.05, 4.69) is 102 Å². The maximum atomic E-state index is 4.90. The van der Waals surface area contributed by atoms with E-state index in [1.54, 1.807) is 11.3 Å². The van der Waals surface area contributed by atoms with Gasteiger partial charge in [-0.3, -0.25) is 0 Å². The summed E-state index contributed by atoms with van der Waals surface area (Å²) < 4.78 is 3.77. The Labute approximate surface area is 204 Å². The number of hydrogen-bond donors (Lipinski definition) is 0. The molecule has 0 atom stereocenters. The molecule has 6 aromatic rings. The van der Waals surface area contributed by atoms with Crippen LogP contribution in [0.1, 0.15) is 31.2 Å². The summed E-state index contributed by atoms with van der Waals surface area (Å²) in [5, 5.41) is 3.87. The van der Waals surface area contributed by atoms with Gasteiger partial charge in [-0.1, -0.05) is 85.6 Å². The molecule has 2 aromatic heterocycles. The number of fused-ring (bicyclic) bond motifs is 4. The third-order valence-corrected chi connectivity index (χ3v) is 7.87. The highest BCUT2D eigenvalue weighted by atomic mass is 32.1. The van der Waals surface area contributed by atoms with Crippen LogP contribution in [0.2, 0.25) is 0 Å². The van der Waals surface area contributed by atoms with Crippen molar-refractivity contribution >= 4 is 43.4 Å². The van der Waals surface area contributed by atoms with Gasteiger partial charge in [0, 0.05) is 33.9 Å². The number of benzene rings is 4. The zero-order valence-corrected chi connectivity index (χ0v) is 20.1. The van der Waals surface area contributed by atoms with Crippen LogP contribution in [-0.4, -0.2) is 9.55 Å². The van der Waals surface area contributed by atoms with E-state index in [-0.39, 0.29) is 0 Å². The third kappa shape index (κ3) is 4.01. The summed E-state index contributed by atoms with van der Waals surface area (Å²) in [6, 6.07) is 34.8. The van der Waals surface area contributed by atoms with Gasteiger partial charge in [-0.05, 0) is 49.1 Å². The largest absolute Gasteiger partial charge is 0.340 e. The van der Waals surface area contributed by atoms with Gasteiger partial charge in [0.1, 0.15) is 5.01 Å². The van der Waals surface area contributed by atoms with Crippen molar-refractivity contribution in [3.8, 4) is 10.6 Å². The van der Waals surface area contributed by atoms with Crippen LogP contribution in [-0.2, 0) is 13.0 Å². The smallest absolute Gasteiger partial charge is 0.124 e. The van der Waals surface area contributed by atoms with Crippen LogP contribution < -0.4 is 0 Å². The van der Waals surface area contributed by atoms with Crippen LogP contribution in [0, 0.1) is 0 Å². The fourth-order valence-electron chi connectivity index (χ4n) is 5.12. The van der Waals surface area contributed by atoms with Crippen LogP contribution in [0.15, 0.2) is 97.1 Å². The molecule has 0 saturated heterocycles. The first kappa shape index (κ1) is 21.1. The van der Waals surface area contributed by atoms with Crippen molar-refractivity contribution in [1.29, 1.82) is 0 Å². The molecule has 168 valence electrons. The quantitative estimate of drug-likeness (QED) is 0.207. The molecule has 0 unspecified atom stereocenters. The average Bonchev–Trinajstić information content (AvgIpc) is 3.46. The van der Waals surface area contributed by atoms with Crippen molar-refractivity contribution in [1.82, 2.24) is 9.55 Å². The number of aryl methyl sites for hydroxylation is 2. The van der Waals surface area contributed by atoms with Gasteiger partial charge in [-0.25, -0.2) is 4.98 Å². The molecule has 0 amide bonds. The second-order valence-corrected chi connectivity index (χ2v) is 10.0. The van der Waals surface area contributed by atoms with Gasteiger partial charge in [0.15, 0.2) is 0 Å². The first-order valence-electron chi connectivity index (χ1n) is 12.3. The Morgan fingerprint density at radius 2 is 1.26 bits per heavy atom. The van der Waals surface area contributed by atoms with E-state index >= 15 is 0 Å². The van der Waals surface area contributed by atoms with Crippen molar-refractivity contribution in [3.05, 3.63) is 103 Å². The molecular weight excluding hydrogens is 432 g/mol. The summed E-state index contributed by atoms with van der Waals surface area (Å²) in [5.41, 5.74) is 6.53. The Bertz CT molecular complexity index is 1490. The number of thiazole rings is 1. The minimum absolute atomic E-state index is 1.08. The van der Waals surface area contributed by atoms with Gasteiger partial charge in [-0.2, -0.15) is 0 Å². The molecule has 0 bridgehead atoms. The number of nitrogens with zero attached hydrogens (tertiary/aromatic N) is 2. The van der Waals surface area contributed by atoms with Crippen molar-refractivity contribution in [3.63, 3.8) is 0 Å². The molecule has 2 nitrogen and oxygen atoms in total. The number of unbranched alkanes of at least 4 members (excludes halogenated alkanes) is 3. The predicted octanol–water partition coefficient (Wildman–Crippen LogP) is 8.87. The third-order valence-electron chi connectivity index (χ3n) is 6.80. The van der Waals surface area contributed by atoms with Gasteiger partial charge >= 0.3 is 0 Å². The normalized spacial score (nSPS) is 11.6. The maximum Gasteiger partial charge on any atom is 0.124 e. The molecule has 2 heterocycles. The first-order chi connectivity index (χ1) is 16.9. The molecule has 0 radical (unpaired) electrons. The van der Waals surface area contributed by atoms with Crippen LogP contribution >= 0.6 is 11.3 Å². The van der Waals surface area contributed by atoms with E-state index in [9.17, 15) is 0 Å². The summed E-state index contributed by atoms with van der Waals surface area (Å²) in [6.45, 7) is 1.08. The maximum absolute atomic E-state index is 4.90. The van der Waals surface area contributed by atoms with Gasteiger partial charge < -0.3 is 4.57 Å². The average molecular weight is 461 g/mol. The summed E-state index contributed by atoms with van der Waals surface area (Å²) in [7, 11) is 0. The van der Waals surface area contributed by atoms with E-state index in [4.69, 9.17) is 4.98 Å². The number of aromatic nitrogens is 2. The van der Waals surface area contributed by atoms with Crippen LogP contribution in [0.4, 0.5) is 0 Å². The van der Waals surface area contributed by atoms with E-state index < -0.39 is 0 Å². The van der Waals surface area contributed by atoms with E-state index in [0.29, 0.717) is 0 Å². The highest BCUT2D eigenvalue weighted by molar-refractivity contribution is 7.21. The van der Waals surface area contributed by atoms with Crippen LogP contribution in [0.3, 0.4) is 0 Å². The Balaban J connectivity index is 1.09. The standard InChI is InChI=1S/C31H28N2S/c1(2-12-22-33-28-19-9-6-16-25(28)26-17-7-10-20-29(26)33)3-13-23-14-4-5-15-24(23)31-32-27-18-8-11-21-30(27)34-31/h4-11,14-21H,1-3,12-13,22H2. The SMILES string of the molecule is c1ccc(-c2nc3ccccc3s2)c(CCCCCCn2c3ccccc3c3ccccc32)c1. The first-order valence-corrected chi connectivity index (χ1v) is 13.1. The molecule has 0 fully saturated rings. The zero-order valence-electron chi connectivity index (χ0n) is 19.3. The number of hydrogen-bond acceptors (Lipinski definition) is 2. The fraction of sp³-hybridized carbons (Fsp3) is 0.194. The highest BCUT2D eigenvalue weighted by Gasteiger charge is 2.11. The Morgan fingerprint density at radius 1 is 0.618 bits per heavy atom. The molecule has 4 aromatic carbocycles. The van der Waals surface area contributed by atoms with E-state index in [1.165, 1.54) is 63.3 Å². The molecule has 0 aliphatic carbocycles. The fourth-order valence-corrected chi connectivity index (χ4v) is 6.14. The van der Waals surface area contributed by atoms with Gasteiger partial charge in [0.25, 0.3) is 0 Å². The monoisotopic (exact) mass is 460 g/mol. The number of rotatable bonds is 8. The Hall–Kier alpha value is -3.43. The molecule has 0 aliphatic heterocycles. The molecule has 0 aliphatic rings. The number of para-hydroxylation sites is 3. The minimum atomic E-state index is 1.08. The lowest BCUT2D eigenvalue weighted by Gasteiger charge is -2.09. The van der Waals surface area contributed by atoms with Crippen molar-refractivity contribution < 1.29 is 0 Å². The Morgan fingerprint density at radius 3 is 2.06 bits per heavy atom. The molecule has 34 heavy (non-hydrogen) atoms. The summed E-state index contributed by atoms with van der Waals surface area (Å²) in [4.78, 5) is 4.90. The van der Waals surface area contributed by atoms with Crippen LogP contribution in [0.5, 0.6) is 0 Å². The summed E-state index contributed by atoms with van der Waals surface area (Å²) in [6.07, 6.45) is 6.05. The second-order valence-electron chi connectivity index (χ2n) is 8.99. The van der Waals surface area contributed by atoms with Crippen molar-refractivity contribution in [2.75, 3.05) is 0 Å². The topological polar surface area (TPSA) is 17.8 Å². The molecule has 0 saturated carbocycles. The zero-order chi connectivity index (χ0) is 22.7. The van der Waals surface area contributed by atoms with Gasteiger partial charge in [0.2, 0.25) is 0 Å². The molecule has 0 spiro atoms. The lowest BCUT2D eigenvalue weighted by molar-refractivity contribution is 0.589. The second kappa shape index (κ2) is 9.44. The van der Waals surface area contributed by atoms with Gasteiger partial charge in [0.05, 0.1) is 10.2 Å². The lowest BCUT2D eigenvalue weighted by Crippen LogP contribution is -1.98. The van der Waals surface area contributed by atoms with E-state index in [1.807, 2.05) is 0 Å². The molecule has 0 N–H and O–H groups in total. The van der Waals surface area contributed by atoms with Crippen LogP contribution in [0.25, 0.3) is 42.6 Å². The summed E-state index contributed by atoms with van der Waals surface area (Å²) >= 11 is 1.80.